The van der Waals surface area contributed by atoms with Crippen LogP contribution in [-0.4, -0.2) is 0 Å². The Morgan fingerprint density at radius 1 is 1.21 bits per heavy atom. The van der Waals surface area contributed by atoms with Gasteiger partial charge in [-0.1, -0.05) is 13.8 Å². The summed E-state index contributed by atoms with van der Waals surface area (Å²) in [7, 11) is 0. The van der Waals surface area contributed by atoms with E-state index in [0.717, 1.165) is 10.3 Å². The topological polar surface area (TPSA) is 26.9 Å². The Bertz CT molecular complexity index is 231. The molecule has 0 N–H and O–H groups in total. The van der Waals surface area contributed by atoms with Crippen LogP contribution in [0.4, 0.5) is 0 Å². The summed E-state index contributed by atoms with van der Waals surface area (Å²) in [5.74, 6) is 0.432. The molecule has 1 aromatic rings. The summed E-state index contributed by atoms with van der Waals surface area (Å²) in [5, 5.41) is 10.7. The van der Waals surface area contributed by atoms with Crippen molar-refractivity contribution in [2.45, 2.75) is 19.8 Å². The molecule has 0 atom stereocenters. The summed E-state index contributed by atoms with van der Waals surface area (Å²) in [5.41, 5.74) is 1.08. The quantitative estimate of drug-likeness (QED) is 0.250. The van der Waals surface area contributed by atoms with Gasteiger partial charge in [0.15, 0.2) is 12.4 Å². The van der Waals surface area contributed by atoms with Gasteiger partial charge in [0, 0.05) is 74.8 Å². The number of aromatic nitrogens is 1. The zero-order valence-corrected chi connectivity index (χ0v) is 17.3. The van der Waals surface area contributed by atoms with Crippen molar-refractivity contribution < 1.29 is 67.9 Å². The molecule has 0 fully saturated rings. The second kappa shape index (κ2) is 12.1. The molecule has 0 saturated heterocycles. The minimum Gasteiger partial charge on any atom is -0.619 e. The molecular weight excluding hydrogens is 690 g/mol. The summed E-state index contributed by atoms with van der Waals surface area (Å²) >= 11 is 0. The fourth-order valence-electron chi connectivity index (χ4n) is 0.813. The molecule has 1 aromatic heterocycles. The average Bonchev–Trinajstić information content (AvgIpc) is 1.88. The van der Waals surface area contributed by atoms with Crippen molar-refractivity contribution in [1.82, 2.24) is 0 Å². The molecule has 0 bridgehead atoms. The third-order valence-corrected chi connectivity index (χ3v) is 1.46. The van der Waals surface area contributed by atoms with E-state index in [1.807, 2.05) is 6.07 Å². The predicted octanol–water partition coefficient (Wildman–Crippen LogP) is 1.89. The minimum atomic E-state index is 0. The number of rotatable bonds is 1. The van der Waals surface area contributed by atoms with Crippen LogP contribution in [-0.2, 0) is 63.2 Å². The Morgan fingerprint density at radius 2 is 1.71 bits per heavy atom. The second-order valence-corrected chi connectivity index (χ2v) is 2.65. The summed E-state index contributed by atoms with van der Waals surface area (Å²) in [6, 6.07) is 3.72. The molecule has 1 rings (SSSR count). The Balaban J connectivity index is -0.000000125. The van der Waals surface area contributed by atoms with E-state index < -0.39 is 0 Å². The molecule has 80 valence electrons. The first-order valence-electron chi connectivity index (χ1n) is 3.39. The molecule has 0 spiro atoms. The van der Waals surface area contributed by atoms with E-state index in [1.165, 1.54) is 6.20 Å². The van der Waals surface area contributed by atoms with Gasteiger partial charge in [-0.3, -0.25) is 0 Å². The number of hydrogen-bond donors (Lipinski definition) is 0. The molecule has 0 aromatic carbocycles. The van der Waals surface area contributed by atoms with Crippen LogP contribution in [0.1, 0.15) is 25.3 Å². The molecule has 1 heterocycles. The smallest absolute Gasteiger partial charge is 0.183 e. The van der Waals surface area contributed by atoms with Crippen LogP contribution < -0.4 is 4.73 Å². The van der Waals surface area contributed by atoms with E-state index in [4.69, 9.17) is 0 Å². The number of nitrogens with zero attached hydrogens (tertiary/aromatic N) is 1. The van der Waals surface area contributed by atoms with E-state index in [1.54, 1.807) is 12.3 Å². The molecule has 0 aliphatic heterocycles. The largest absolute Gasteiger partial charge is 0.619 e. The van der Waals surface area contributed by atoms with Crippen LogP contribution in [0, 0.1) is 12.6 Å². The van der Waals surface area contributed by atoms with Gasteiger partial charge in [-0.05, 0) is 12.0 Å². The summed E-state index contributed by atoms with van der Waals surface area (Å²) in [6.07, 6.45) is 3.09. The molecule has 0 radical (unpaired) electrons. The molecular formula is C9H14NOW3-. The van der Waals surface area contributed by atoms with Gasteiger partial charge in [-0.2, -0.15) is 4.73 Å². The number of pyridine rings is 1. The van der Waals surface area contributed by atoms with Gasteiger partial charge >= 0.3 is 0 Å². The first-order valence-corrected chi connectivity index (χ1v) is 3.39. The van der Waals surface area contributed by atoms with Crippen LogP contribution in [0.5, 0.6) is 0 Å². The Kier molecular flexibility index (Phi) is 21.0. The molecule has 0 aliphatic carbocycles. The minimum absolute atomic E-state index is 0. The molecule has 5 heteroatoms. The van der Waals surface area contributed by atoms with Crippen molar-refractivity contribution in [1.29, 1.82) is 0 Å². The molecule has 0 aliphatic rings. The van der Waals surface area contributed by atoms with Gasteiger partial charge in [0.25, 0.3) is 0 Å². The maximum Gasteiger partial charge on any atom is 0.183 e. The zero-order valence-electron chi connectivity index (χ0n) is 8.47. The second-order valence-electron chi connectivity index (χ2n) is 2.65. The van der Waals surface area contributed by atoms with E-state index in [9.17, 15) is 5.21 Å². The van der Waals surface area contributed by atoms with Crippen LogP contribution in [0.15, 0.2) is 24.5 Å². The maximum absolute atomic E-state index is 10.7. The van der Waals surface area contributed by atoms with Crippen LogP contribution in [0.2, 0.25) is 0 Å². The summed E-state index contributed by atoms with van der Waals surface area (Å²) in [4.78, 5) is 0. The summed E-state index contributed by atoms with van der Waals surface area (Å²) < 4.78 is 0.829. The fourth-order valence-corrected chi connectivity index (χ4v) is 0.813. The van der Waals surface area contributed by atoms with Crippen molar-refractivity contribution in [3.8, 4) is 0 Å². The van der Waals surface area contributed by atoms with Crippen molar-refractivity contribution in [2.75, 3.05) is 0 Å². The number of hydrogen-bond acceptors (Lipinski definition) is 1. The molecule has 0 unspecified atom stereocenters. The van der Waals surface area contributed by atoms with Gasteiger partial charge in [-0.15, -0.1) is 0 Å². The SMILES string of the molecule is CC(C)c1ccc[n+]([O-])c1.[CH3-].[W].[W].[W]. The van der Waals surface area contributed by atoms with Crippen molar-refractivity contribution in [3.05, 3.63) is 42.7 Å². The van der Waals surface area contributed by atoms with E-state index >= 15 is 0 Å². The molecule has 14 heavy (non-hydrogen) atoms. The van der Waals surface area contributed by atoms with Gasteiger partial charge in [0.1, 0.15) is 0 Å². The first-order chi connectivity index (χ1) is 4.70. The zero-order chi connectivity index (χ0) is 7.56. The van der Waals surface area contributed by atoms with Crippen LogP contribution >= 0.6 is 0 Å². The molecule has 2 nitrogen and oxygen atoms in total. The summed E-state index contributed by atoms with van der Waals surface area (Å²) in [6.45, 7) is 4.13. The van der Waals surface area contributed by atoms with Gasteiger partial charge < -0.3 is 12.6 Å². The normalized spacial score (nSPS) is 7.36. The van der Waals surface area contributed by atoms with E-state index in [0.29, 0.717) is 5.92 Å². The van der Waals surface area contributed by atoms with E-state index in [-0.39, 0.29) is 70.6 Å². The fraction of sp³-hybridized carbons (Fsp3) is 0.333. The monoisotopic (exact) mass is 704 g/mol. The Labute approximate surface area is 129 Å². The predicted molar refractivity (Wildman–Crippen MR) is 45.9 cm³/mol. The van der Waals surface area contributed by atoms with Crippen molar-refractivity contribution in [3.63, 3.8) is 0 Å². The van der Waals surface area contributed by atoms with E-state index in [2.05, 4.69) is 13.8 Å². The van der Waals surface area contributed by atoms with Gasteiger partial charge in [-0.25, -0.2) is 0 Å². The van der Waals surface area contributed by atoms with Crippen molar-refractivity contribution >= 4 is 0 Å². The third kappa shape index (κ3) is 8.33. The van der Waals surface area contributed by atoms with Crippen LogP contribution in [0.25, 0.3) is 0 Å². The Morgan fingerprint density at radius 3 is 2.00 bits per heavy atom. The first kappa shape index (κ1) is 24.3. The van der Waals surface area contributed by atoms with Crippen LogP contribution in [0.3, 0.4) is 0 Å². The third-order valence-electron chi connectivity index (χ3n) is 1.46. The Hall–Kier alpha value is 1.01. The molecule has 0 amide bonds. The maximum atomic E-state index is 10.7. The standard InChI is InChI=1S/C8H11NO.CH3.3W/c1-7(2)8-4-3-5-9(10)6-8;;;;/h3-7H,1-2H3;1H3;;;/q;-1;;;. The van der Waals surface area contributed by atoms with Gasteiger partial charge in [0.2, 0.25) is 0 Å². The van der Waals surface area contributed by atoms with Crippen molar-refractivity contribution in [2.24, 2.45) is 0 Å². The molecule has 0 saturated carbocycles. The average molecular weight is 704 g/mol. The van der Waals surface area contributed by atoms with Gasteiger partial charge in [0.05, 0.1) is 0 Å².